The number of hydrogen-bond acceptors (Lipinski definition) is 0. The molecule has 0 saturated heterocycles. The fraction of sp³-hybridized carbons (Fsp3) is 0.429. The molecule has 0 aliphatic heterocycles. The van der Waals surface area contributed by atoms with Crippen molar-refractivity contribution >= 4 is 0 Å². The molecule has 0 amide bonds. The summed E-state index contributed by atoms with van der Waals surface area (Å²) in [6.45, 7) is 0. The summed E-state index contributed by atoms with van der Waals surface area (Å²) in [5, 5.41) is 0. The van der Waals surface area contributed by atoms with Gasteiger partial charge in [0.25, 0.3) is 0 Å². The molecule has 0 aromatic carbocycles. The van der Waals surface area contributed by atoms with E-state index >= 15 is 0 Å². The van der Waals surface area contributed by atoms with E-state index in [0.717, 1.165) is 12.8 Å². The molecule has 0 aromatic rings. The largest absolute Gasteiger partial charge is 0.305 e. The molecule has 0 spiro atoms. The standard InChI is InChI=1S/C7H7F3/c8-6(7(9)10)5-3-1-2-4-5/h3H,1-2,4H2. The highest BCUT2D eigenvalue weighted by Gasteiger charge is 2.14. The van der Waals surface area contributed by atoms with Crippen molar-refractivity contribution in [2.24, 2.45) is 0 Å². The second kappa shape index (κ2) is 2.90. The van der Waals surface area contributed by atoms with Crippen LogP contribution < -0.4 is 0 Å². The lowest BCUT2D eigenvalue weighted by atomic mass is 10.2. The Hall–Kier alpha value is -0.730. The normalized spacial score (nSPS) is 16.9. The topological polar surface area (TPSA) is 0 Å². The Kier molecular flexibility index (Phi) is 2.14. The molecule has 0 aromatic heterocycles. The summed E-state index contributed by atoms with van der Waals surface area (Å²) in [6, 6.07) is 0. The molecule has 0 heterocycles. The van der Waals surface area contributed by atoms with Gasteiger partial charge < -0.3 is 0 Å². The summed E-state index contributed by atoms with van der Waals surface area (Å²) in [7, 11) is 0. The molecular formula is C7H7F3. The molecule has 56 valence electrons. The van der Waals surface area contributed by atoms with E-state index in [4.69, 9.17) is 0 Å². The van der Waals surface area contributed by atoms with Crippen LogP contribution in [-0.4, -0.2) is 0 Å². The van der Waals surface area contributed by atoms with Gasteiger partial charge in [-0.25, -0.2) is 4.39 Å². The van der Waals surface area contributed by atoms with Crippen molar-refractivity contribution in [3.8, 4) is 0 Å². The summed E-state index contributed by atoms with van der Waals surface area (Å²) < 4.78 is 35.4. The van der Waals surface area contributed by atoms with Crippen LogP contribution in [0.15, 0.2) is 23.6 Å². The minimum Gasteiger partial charge on any atom is -0.201 e. The zero-order chi connectivity index (χ0) is 7.56. The smallest absolute Gasteiger partial charge is 0.201 e. The molecule has 1 rings (SSSR count). The van der Waals surface area contributed by atoms with Crippen molar-refractivity contribution in [3.63, 3.8) is 0 Å². The van der Waals surface area contributed by atoms with Crippen molar-refractivity contribution in [2.45, 2.75) is 19.3 Å². The zero-order valence-corrected chi connectivity index (χ0v) is 5.33. The number of halogens is 3. The summed E-state index contributed by atoms with van der Waals surface area (Å²) in [5.74, 6) is -1.32. The predicted molar refractivity (Wildman–Crippen MR) is 32.3 cm³/mol. The summed E-state index contributed by atoms with van der Waals surface area (Å²) in [4.78, 5) is 0. The maximum Gasteiger partial charge on any atom is 0.305 e. The third-order valence-corrected chi connectivity index (χ3v) is 1.49. The Balaban J connectivity index is 2.74. The summed E-state index contributed by atoms with van der Waals surface area (Å²) in [5.41, 5.74) is 0.167. The van der Waals surface area contributed by atoms with Gasteiger partial charge in [0.05, 0.1) is 0 Å². The van der Waals surface area contributed by atoms with E-state index < -0.39 is 11.9 Å². The molecule has 0 nitrogen and oxygen atoms in total. The Bertz CT molecular complexity index is 187. The molecular weight excluding hydrogens is 141 g/mol. The quantitative estimate of drug-likeness (QED) is 0.535. The van der Waals surface area contributed by atoms with E-state index in [1.807, 2.05) is 0 Å². The van der Waals surface area contributed by atoms with E-state index in [2.05, 4.69) is 0 Å². The van der Waals surface area contributed by atoms with Crippen LogP contribution in [0.25, 0.3) is 0 Å². The van der Waals surface area contributed by atoms with E-state index in [9.17, 15) is 13.2 Å². The lowest BCUT2D eigenvalue weighted by molar-refractivity contribution is 0.383. The first-order valence-corrected chi connectivity index (χ1v) is 3.12. The molecule has 0 atom stereocenters. The third-order valence-electron chi connectivity index (χ3n) is 1.49. The molecule has 0 saturated carbocycles. The van der Waals surface area contributed by atoms with Crippen molar-refractivity contribution in [2.75, 3.05) is 0 Å². The highest BCUT2D eigenvalue weighted by atomic mass is 19.3. The molecule has 0 bridgehead atoms. The van der Waals surface area contributed by atoms with Crippen molar-refractivity contribution in [1.82, 2.24) is 0 Å². The molecule has 3 heteroatoms. The van der Waals surface area contributed by atoms with Crippen LogP contribution >= 0.6 is 0 Å². The number of allylic oxidation sites excluding steroid dienone is 3. The Labute approximate surface area is 57.0 Å². The lowest BCUT2D eigenvalue weighted by Gasteiger charge is -1.93. The zero-order valence-electron chi connectivity index (χ0n) is 5.33. The molecule has 0 unspecified atom stereocenters. The SMILES string of the molecule is FC(F)=C(F)C1=CCCC1. The molecule has 0 fully saturated rings. The maximum atomic E-state index is 12.3. The van der Waals surface area contributed by atoms with Gasteiger partial charge in [-0.3, -0.25) is 0 Å². The van der Waals surface area contributed by atoms with Gasteiger partial charge >= 0.3 is 6.08 Å². The fourth-order valence-corrected chi connectivity index (χ4v) is 0.992. The van der Waals surface area contributed by atoms with E-state index in [-0.39, 0.29) is 5.57 Å². The average Bonchev–Trinajstić information content (AvgIpc) is 2.36. The van der Waals surface area contributed by atoms with Gasteiger partial charge in [-0.2, -0.15) is 8.78 Å². The Morgan fingerprint density at radius 3 is 2.40 bits per heavy atom. The van der Waals surface area contributed by atoms with Crippen LogP contribution in [0.5, 0.6) is 0 Å². The first kappa shape index (κ1) is 7.38. The van der Waals surface area contributed by atoms with Crippen LogP contribution in [0.2, 0.25) is 0 Å². The molecule has 0 N–H and O–H groups in total. The van der Waals surface area contributed by atoms with E-state index in [0.29, 0.717) is 6.42 Å². The fourth-order valence-electron chi connectivity index (χ4n) is 0.992. The molecule has 10 heavy (non-hydrogen) atoms. The monoisotopic (exact) mass is 148 g/mol. The summed E-state index contributed by atoms with van der Waals surface area (Å²) in [6.07, 6.45) is 1.28. The van der Waals surface area contributed by atoms with E-state index in [1.165, 1.54) is 6.08 Å². The highest BCUT2D eigenvalue weighted by molar-refractivity contribution is 5.28. The molecule has 0 radical (unpaired) electrons. The maximum absolute atomic E-state index is 12.3. The molecule has 1 aliphatic rings. The first-order valence-electron chi connectivity index (χ1n) is 3.12. The minimum absolute atomic E-state index is 0.167. The number of hydrogen-bond donors (Lipinski definition) is 0. The van der Waals surface area contributed by atoms with Crippen LogP contribution in [0.4, 0.5) is 13.2 Å². The lowest BCUT2D eigenvalue weighted by Crippen LogP contribution is -1.79. The first-order chi connectivity index (χ1) is 4.72. The molecule has 1 aliphatic carbocycles. The van der Waals surface area contributed by atoms with Gasteiger partial charge in [-0.15, -0.1) is 0 Å². The third kappa shape index (κ3) is 1.40. The summed E-state index contributed by atoms with van der Waals surface area (Å²) >= 11 is 0. The van der Waals surface area contributed by atoms with Crippen LogP contribution in [0.1, 0.15) is 19.3 Å². The average molecular weight is 148 g/mol. The Morgan fingerprint density at radius 1 is 1.30 bits per heavy atom. The van der Waals surface area contributed by atoms with Gasteiger partial charge in [0.1, 0.15) is 0 Å². The van der Waals surface area contributed by atoms with Crippen molar-refractivity contribution in [1.29, 1.82) is 0 Å². The second-order valence-corrected chi connectivity index (χ2v) is 2.20. The Morgan fingerprint density at radius 2 is 2.00 bits per heavy atom. The van der Waals surface area contributed by atoms with Gasteiger partial charge in [0, 0.05) is 0 Å². The van der Waals surface area contributed by atoms with Gasteiger partial charge in [0.2, 0.25) is 0 Å². The number of rotatable bonds is 1. The van der Waals surface area contributed by atoms with Crippen molar-refractivity contribution < 1.29 is 13.2 Å². The van der Waals surface area contributed by atoms with Crippen LogP contribution in [-0.2, 0) is 0 Å². The minimum atomic E-state index is -2.20. The van der Waals surface area contributed by atoms with Gasteiger partial charge in [0.15, 0.2) is 5.83 Å². The van der Waals surface area contributed by atoms with Gasteiger partial charge in [-0.1, -0.05) is 6.08 Å². The van der Waals surface area contributed by atoms with Crippen LogP contribution in [0.3, 0.4) is 0 Å². The highest BCUT2D eigenvalue weighted by Crippen LogP contribution is 2.28. The van der Waals surface area contributed by atoms with Crippen molar-refractivity contribution in [3.05, 3.63) is 23.6 Å². The van der Waals surface area contributed by atoms with E-state index in [1.54, 1.807) is 0 Å². The second-order valence-electron chi connectivity index (χ2n) is 2.20. The predicted octanol–water partition coefficient (Wildman–Crippen LogP) is 3.17. The van der Waals surface area contributed by atoms with Gasteiger partial charge in [-0.05, 0) is 24.8 Å². The van der Waals surface area contributed by atoms with Crippen LogP contribution in [0, 0.1) is 0 Å².